The van der Waals surface area contributed by atoms with E-state index in [2.05, 4.69) is 49.5 Å². The Bertz CT molecular complexity index is 1230. The molecule has 0 radical (unpaired) electrons. The summed E-state index contributed by atoms with van der Waals surface area (Å²) >= 11 is 0. The Morgan fingerprint density at radius 1 is 0.571 bits per heavy atom. The van der Waals surface area contributed by atoms with Crippen molar-refractivity contribution in [2.75, 3.05) is 47.5 Å². The number of nitrogens with zero attached hydrogens (tertiary/aromatic N) is 1. The van der Waals surface area contributed by atoms with Gasteiger partial charge in [-0.25, -0.2) is 0 Å². The molecule has 0 spiro atoms. The van der Waals surface area contributed by atoms with Crippen LogP contribution in [0, 0.1) is 0 Å². The molecule has 0 aromatic carbocycles. The number of aliphatic hydroxyl groups excluding tert-OH is 1. The van der Waals surface area contributed by atoms with Crippen LogP contribution in [0.4, 0.5) is 0 Å². The smallest absolute Gasteiger partial charge is 0.306 e. The van der Waals surface area contributed by atoms with E-state index in [0.717, 1.165) is 64.2 Å². The maximum atomic E-state index is 12.7. The van der Waals surface area contributed by atoms with Crippen molar-refractivity contribution in [3.05, 3.63) is 48.6 Å². The molecule has 368 valence electrons. The lowest BCUT2D eigenvalue weighted by atomic mass is 10.0. The minimum Gasteiger partial charge on any atom is -0.756 e. The zero-order valence-corrected chi connectivity index (χ0v) is 42.0. The molecular formula is C52H96NO9P. The van der Waals surface area contributed by atoms with Crippen molar-refractivity contribution in [2.45, 2.75) is 225 Å². The van der Waals surface area contributed by atoms with E-state index >= 15 is 0 Å². The van der Waals surface area contributed by atoms with Crippen molar-refractivity contribution in [1.29, 1.82) is 0 Å². The summed E-state index contributed by atoms with van der Waals surface area (Å²) in [5, 5.41) is 9.29. The van der Waals surface area contributed by atoms with Gasteiger partial charge in [0.05, 0.1) is 33.9 Å². The average Bonchev–Trinajstić information content (AvgIpc) is 3.22. The van der Waals surface area contributed by atoms with Crippen molar-refractivity contribution in [3.63, 3.8) is 0 Å². The first-order chi connectivity index (χ1) is 30.3. The normalized spacial score (nSPS) is 14.3. The summed E-state index contributed by atoms with van der Waals surface area (Å²) in [6.45, 7) is 3.73. The third-order valence-corrected chi connectivity index (χ3v) is 11.8. The van der Waals surface area contributed by atoms with E-state index < -0.39 is 32.5 Å². The molecule has 0 aliphatic rings. The van der Waals surface area contributed by atoms with Gasteiger partial charge >= 0.3 is 11.9 Å². The number of esters is 2. The van der Waals surface area contributed by atoms with E-state index in [0.29, 0.717) is 23.9 Å². The first-order valence-corrected chi connectivity index (χ1v) is 26.8. The fourth-order valence-electron chi connectivity index (χ4n) is 6.90. The van der Waals surface area contributed by atoms with Crippen LogP contribution >= 0.6 is 7.82 Å². The summed E-state index contributed by atoms with van der Waals surface area (Å²) in [6.07, 6.45) is 50.0. The lowest BCUT2D eigenvalue weighted by molar-refractivity contribution is -0.870. The van der Waals surface area contributed by atoms with Crippen LogP contribution in [0.2, 0.25) is 0 Å². The molecule has 0 bridgehead atoms. The second kappa shape index (κ2) is 43.8. The van der Waals surface area contributed by atoms with Crippen LogP contribution < -0.4 is 4.89 Å². The number of allylic oxidation sites excluding steroid dienone is 8. The van der Waals surface area contributed by atoms with Crippen LogP contribution in [-0.4, -0.2) is 81.2 Å². The highest BCUT2D eigenvalue weighted by Gasteiger charge is 2.21. The highest BCUT2D eigenvalue weighted by molar-refractivity contribution is 7.45. The van der Waals surface area contributed by atoms with Gasteiger partial charge in [-0.3, -0.25) is 14.2 Å². The van der Waals surface area contributed by atoms with Crippen molar-refractivity contribution >= 4 is 19.8 Å². The Hall–Kier alpha value is -2.07. The van der Waals surface area contributed by atoms with Gasteiger partial charge in [0.2, 0.25) is 0 Å². The first kappa shape index (κ1) is 60.9. The standard InChI is InChI=1S/C52H96NO9P/c1-6-7-8-9-10-11-12-13-14-15-16-17-18-19-22-26-29-32-35-38-41-44-52(56)62-50(48-61-63(57,58)60-46-45-53(3,4)5)47-59-51(55)43-40-37-34-31-28-25-23-20-21-24-27-30-33-36-39-42-49(2)54/h21,23-25,30-31,33-34,49-50,54H,6-20,22,26-29,32,35-48H2,1-5H3/b24-21-,25-23-,33-30-,34-31-/t49-,50-/m1/s1. The monoisotopic (exact) mass is 910 g/mol. The van der Waals surface area contributed by atoms with Gasteiger partial charge in [0.25, 0.3) is 7.82 Å². The molecule has 0 heterocycles. The van der Waals surface area contributed by atoms with E-state index in [1.165, 1.54) is 109 Å². The maximum Gasteiger partial charge on any atom is 0.306 e. The fraction of sp³-hybridized carbons (Fsp3) is 0.808. The minimum atomic E-state index is -4.65. The van der Waals surface area contributed by atoms with Crippen molar-refractivity contribution in [2.24, 2.45) is 0 Å². The molecule has 0 fully saturated rings. The molecule has 11 heteroatoms. The van der Waals surface area contributed by atoms with Crippen LogP contribution in [0.5, 0.6) is 0 Å². The van der Waals surface area contributed by atoms with Crippen molar-refractivity contribution in [3.8, 4) is 0 Å². The lowest BCUT2D eigenvalue weighted by Crippen LogP contribution is -2.37. The molecule has 0 saturated heterocycles. The Morgan fingerprint density at radius 2 is 0.984 bits per heavy atom. The number of aliphatic hydroxyl groups is 1. The topological polar surface area (TPSA) is 131 Å². The molecule has 0 aromatic heterocycles. The van der Waals surface area contributed by atoms with E-state index in [-0.39, 0.29) is 32.2 Å². The molecule has 63 heavy (non-hydrogen) atoms. The molecule has 0 rings (SSSR count). The highest BCUT2D eigenvalue weighted by Crippen LogP contribution is 2.38. The Morgan fingerprint density at radius 3 is 1.43 bits per heavy atom. The number of likely N-dealkylation sites (N-methyl/N-ethyl adjacent to an activating group) is 1. The summed E-state index contributed by atoms with van der Waals surface area (Å²) in [6, 6.07) is 0. The zero-order chi connectivity index (χ0) is 46.5. The van der Waals surface area contributed by atoms with Gasteiger partial charge in [0, 0.05) is 12.8 Å². The van der Waals surface area contributed by atoms with Crippen LogP contribution in [-0.2, 0) is 32.7 Å². The number of carbonyl (C=O) groups is 2. The molecule has 0 saturated carbocycles. The van der Waals surface area contributed by atoms with Gasteiger partial charge in [0.1, 0.15) is 19.8 Å². The third-order valence-electron chi connectivity index (χ3n) is 10.9. The van der Waals surface area contributed by atoms with E-state index in [4.69, 9.17) is 18.5 Å². The molecule has 1 unspecified atom stereocenters. The first-order valence-electron chi connectivity index (χ1n) is 25.4. The summed E-state index contributed by atoms with van der Waals surface area (Å²) in [5.41, 5.74) is 0. The van der Waals surface area contributed by atoms with Gasteiger partial charge in [-0.05, 0) is 64.7 Å². The molecule has 10 nitrogen and oxygen atoms in total. The van der Waals surface area contributed by atoms with E-state index in [1.54, 1.807) is 0 Å². The molecule has 0 aliphatic heterocycles. The number of hydrogen-bond acceptors (Lipinski definition) is 9. The van der Waals surface area contributed by atoms with Gasteiger partial charge in [0.15, 0.2) is 6.10 Å². The largest absolute Gasteiger partial charge is 0.756 e. The van der Waals surface area contributed by atoms with Crippen molar-refractivity contribution in [1.82, 2.24) is 0 Å². The number of unbranched alkanes of at least 4 members (excludes halogenated alkanes) is 22. The summed E-state index contributed by atoms with van der Waals surface area (Å²) in [5.74, 6) is -0.910. The fourth-order valence-corrected chi connectivity index (χ4v) is 7.63. The predicted octanol–water partition coefficient (Wildman–Crippen LogP) is 13.4. The van der Waals surface area contributed by atoms with E-state index in [1.807, 2.05) is 34.1 Å². The summed E-state index contributed by atoms with van der Waals surface area (Å²) in [7, 11) is 1.12. The minimum absolute atomic E-state index is 0.0446. The second-order valence-corrected chi connectivity index (χ2v) is 19.9. The number of hydrogen-bond donors (Lipinski definition) is 1. The lowest BCUT2D eigenvalue weighted by Gasteiger charge is -2.28. The van der Waals surface area contributed by atoms with Gasteiger partial charge in [-0.15, -0.1) is 0 Å². The number of ether oxygens (including phenoxy) is 2. The molecule has 3 atom stereocenters. The third kappa shape index (κ3) is 49.2. The van der Waals surface area contributed by atoms with E-state index in [9.17, 15) is 24.2 Å². The zero-order valence-electron chi connectivity index (χ0n) is 41.1. The van der Waals surface area contributed by atoms with Crippen LogP contribution in [0.15, 0.2) is 48.6 Å². The number of rotatable bonds is 46. The Balaban J connectivity index is 4.31. The summed E-state index contributed by atoms with van der Waals surface area (Å²) in [4.78, 5) is 37.7. The average molecular weight is 910 g/mol. The summed E-state index contributed by atoms with van der Waals surface area (Å²) < 4.78 is 33.9. The molecule has 1 N–H and O–H groups in total. The molecule has 0 aromatic rings. The molecule has 0 amide bonds. The molecule has 0 aliphatic carbocycles. The van der Waals surface area contributed by atoms with Crippen LogP contribution in [0.1, 0.15) is 213 Å². The van der Waals surface area contributed by atoms with Gasteiger partial charge < -0.3 is 33.0 Å². The number of quaternary nitrogens is 1. The van der Waals surface area contributed by atoms with Crippen LogP contribution in [0.3, 0.4) is 0 Å². The quantitative estimate of drug-likeness (QED) is 0.0208. The Kier molecular flexibility index (Phi) is 42.4. The molecular weight excluding hydrogens is 814 g/mol. The van der Waals surface area contributed by atoms with Crippen molar-refractivity contribution < 1.29 is 47.2 Å². The SMILES string of the molecule is CCCCCCCCCCCCCCCCCCCCCCCC(=O)O[C@H](COC(=O)CCC/C=C\C/C=C\C/C=C\C/C=C\CCC[C@@H](C)O)COP(=O)([O-])OCC[N+](C)(C)C. The van der Waals surface area contributed by atoms with Gasteiger partial charge in [-0.1, -0.05) is 184 Å². The number of phosphoric acid groups is 1. The second-order valence-electron chi connectivity index (χ2n) is 18.5. The number of phosphoric ester groups is 1. The predicted molar refractivity (Wildman–Crippen MR) is 260 cm³/mol. The number of carbonyl (C=O) groups excluding carboxylic acids is 2. The van der Waals surface area contributed by atoms with Gasteiger partial charge in [-0.2, -0.15) is 0 Å². The highest BCUT2D eigenvalue weighted by atomic mass is 31.2. The Labute approximate surface area is 386 Å². The van der Waals surface area contributed by atoms with Crippen LogP contribution in [0.25, 0.3) is 0 Å². The maximum absolute atomic E-state index is 12.7.